The van der Waals surface area contributed by atoms with Gasteiger partial charge < -0.3 is 14.2 Å². The Morgan fingerprint density at radius 1 is 1.00 bits per heavy atom. The van der Waals surface area contributed by atoms with Crippen LogP contribution in [0.3, 0.4) is 0 Å². The predicted molar refractivity (Wildman–Crippen MR) is 99.7 cm³/mol. The number of para-hydroxylation sites is 1. The second kappa shape index (κ2) is 6.70. The van der Waals surface area contributed by atoms with Crippen molar-refractivity contribution in [3.8, 4) is 0 Å². The summed E-state index contributed by atoms with van der Waals surface area (Å²) in [5.41, 5.74) is 3.26. The standard InChI is InChI=1S/C17H24BNO2.C2H6/c1-16(2)12-17(3,4)21-18(20-16)14-10-11-19(5)15-9-7-6-8-13(14)15;1-2/h6-10H,11-12H2,1-5H3;1-2H3. The molecule has 23 heavy (non-hydrogen) atoms. The zero-order chi connectivity index (χ0) is 17.3. The van der Waals surface area contributed by atoms with Gasteiger partial charge in [-0.1, -0.05) is 38.1 Å². The second-order valence-corrected chi connectivity index (χ2v) is 7.32. The fourth-order valence-corrected chi connectivity index (χ4v) is 3.56. The van der Waals surface area contributed by atoms with Gasteiger partial charge in [-0.15, -0.1) is 0 Å². The number of fused-ring (bicyclic) bond motifs is 1. The minimum absolute atomic E-state index is 0.175. The van der Waals surface area contributed by atoms with E-state index in [1.165, 1.54) is 11.3 Å². The fraction of sp³-hybridized carbons (Fsp3) is 0.579. The van der Waals surface area contributed by atoms with Crippen molar-refractivity contribution in [3.63, 3.8) is 0 Å². The van der Waals surface area contributed by atoms with Gasteiger partial charge in [-0.05, 0) is 44.8 Å². The molecule has 0 aromatic heterocycles. The van der Waals surface area contributed by atoms with Gasteiger partial charge in [-0.25, -0.2) is 0 Å². The fourth-order valence-electron chi connectivity index (χ4n) is 3.56. The first-order valence-corrected chi connectivity index (χ1v) is 8.64. The Hall–Kier alpha value is -1.26. The van der Waals surface area contributed by atoms with Gasteiger partial charge in [0.1, 0.15) is 0 Å². The molecular formula is C19H30BNO2. The number of nitrogens with zero attached hydrogens (tertiary/aromatic N) is 1. The lowest BCUT2D eigenvalue weighted by Gasteiger charge is -2.45. The van der Waals surface area contributed by atoms with Crippen molar-refractivity contribution in [2.45, 2.75) is 59.2 Å². The summed E-state index contributed by atoms with van der Waals surface area (Å²) in [6.45, 7) is 13.5. The first kappa shape index (κ1) is 18.1. The number of benzene rings is 1. The molecule has 3 rings (SSSR count). The lowest BCUT2D eigenvalue weighted by atomic mass is 9.68. The first-order valence-electron chi connectivity index (χ1n) is 8.64. The number of hydrogen-bond donors (Lipinski definition) is 0. The molecule has 1 aromatic rings. The highest BCUT2D eigenvalue weighted by Crippen LogP contribution is 2.40. The van der Waals surface area contributed by atoms with Crippen molar-refractivity contribution >= 4 is 18.3 Å². The van der Waals surface area contributed by atoms with Gasteiger partial charge in [0.05, 0.1) is 11.2 Å². The maximum atomic E-state index is 6.23. The quantitative estimate of drug-likeness (QED) is 0.709. The summed E-state index contributed by atoms with van der Waals surface area (Å²) in [5.74, 6) is 0. The van der Waals surface area contributed by atoms with Crippen LogP contribution in [0.2, 0.25) is 0 Å². The Morgan fingerprint density at radius 3 is 2.17 bits per heavy atom. The highest BCUT2D eigenvalue weighted by Gasteiger charge is 2.45. The first-order chi connectivity index (χ1) is 10.8. The van der Waals surface area contributed by atoms with Gasteiger partial charge in [0.2, 0.25) is 0 Å². The van der Waals surface area contributed by atoms with Gasteiger partial charge in [-0.2, -0.15) is 0 Å². The maximum absolute atomic E-state index is 6.23. The monoisotopic (exact) mass is 315 g/mol. The Morgan fingerprint density at radius 2 is 1.57 bits per heavy atom. The average molecular weight is 315 g/mol. The van der Waals surface area contributed by atoms with E-state index in [1.54, 1.807) is 0 Å². The van der Waals surface area contributed by atoms with E-state index in [1.807, 2.05) is 13.8 Å². The number of likely N-dealkylation sites (N-methyl/N-ethyl adjacent to an activating group) is 1. The topological polar surface area (TPSA) is 21.7 Å². The Labute approximate surface area is 141 Å². The summed E-state index contributed by atoms with van der Waals surface area (Å²) in [4.78, 5) is 2.25. The molecular weight excluding hydrogens is 285 g/mol. The minimum atomic E-state index is -0.293. The molecule has 0 radical (unpaired) electrons. The van der Waals surface area contributed by atoms with Crippen molar-refractivity contribution < 1.29 is 9.31 Å². The summed E-state index contributed by atoms with van der Waals surface area (Å²) >= 11 is 0. The van der Waals surface area contributed by atoms with Crippen LogP contribution in [-0.2, 0) is 9.31 Å². The molecule has 0 bridgehead atoms. The van der Waals surface area contributed by atoms with E-state index in [4.69, 9.17) is 9.31 Å². The van der Waals surface area contributed by atoms with Crippen LogP contribution >= 0.6 is 0 Å². The average Bonchev–Trinajstić information content (AvgIpc) is 2.47. The van der Waals surface area contributed by atoms with Gasteiger partial charge in [0, 0.05) is 25.7 Å². The Bertz CT molecular complexity index is 564. The normalized spacial score (nSPS) is 21.8. The van der Waals surface area contributed by atoms with Crippen LogP contribution in [0.5, 0.6) is 0 Å². The van der Waals surface area contributed by atoms with Crippen molar-refractivity contribution in [1.29, 1.82) is 0 Å². The Kier molecular flexibility index (Phi) is 5.27. The summed E-state index contributed by atoms with van der Waals surface area (Å²) < 4.78 is 12.5. The van der Waals surface area contributed by atoms with Crippen molar-refractivity contribution in [2.75, 3.05) is 18.5 Å². The van der Waals surface area contributed by atoms with Gasteiger partial charge in [0.15, 0.2) is 0 Å². The SMILES string of the molecule is CC.CN1CC=C(B2OC(C)(C)CC(C)(C)O2)c2ccccc21. The highest BCUT2D eigenvalue weighted by molar-refractivity contribution is 6.69. The molecule has 1 aromatic carbocycles. The van der Waals surface area contributed by atoms with E-state index in [0.717, 1.165) is 18.4 Å². The molecule has 1 saturated heterocycles. The van der Waals surface area contributed by atoms with Gasteiger partial charge >= 0.3 is 7.12 Å². The molecule has 0 amide bonds. The molecule has 0 unspecified atom stereocenters. The Balaban J connectivity index is 0.000000924. The second-order valence-electron chi connectivity index (χ2n) is 7.32. The lowest BCUT2D eigenvalue weighted by Crippen LogP contribution is -2.52. The van der Waals surface area contributed by atoms with Crippen LogP contribution < -0.4 is 4.90 Å². The predicted octanol–water partition coefficient (Wildman–Crippen LogP) is 4.57. The van der Waals surface area contributed by atoms with Gasteiger partial charge in [-0.3, -0.25) is 0 Å². The highest BCUT2D eigenvalue weighted by atomic mass is 16.6. The molecule has 0 aliphatic carbocycles. The van der Waals surface area contributed by atoms with E-state index in [-0.39, 0.29) is 18.3 Å². The van der Waals surface area contributed by atoms with Crippen LogP contribution in [0.1, 0.15) is 53.5 Å². The molecule has 2 aliphatic rings. The molecule has 4 heteroatoms. The molecule has 0 saturated carbocycles. The zero-order valence-corrected chi connectivity index (χ0v) is 15.6. The molecule has 0 atom stereocenters. The largest absolute Gasteiger partial charge is 0.495 e. The van der Waals surface area contributed by atoms with E-state index in [9.17, 15) is 0 Å². The summed E-state index contributed by atoms with van der Waals surface area (Å²) in [5, 5.41) is 0. The van der Waals surface area contributed by atoms with E-state index in [0.29, 0.717) is 0 Å². The molecule has 0 N–H and O–H groups in total. The van der Waals surface area contributed by atoms with Crippen LogP contribution in [0.25, 0.3) is 5.47 Å². The summed E-state index contributed by atoms with van der Waals surface area (Å²) in [6.07, 6.45) is 3.12. The van der Waals surface area contributed by atoms with E-state index >= 15 is 0 Å². The molecule has 2 heterocycles. The molecule has 2 aliphatic heterocycles. The van der Waals surface area contributed by atoms with E-state index in [2.05, 4.69) is 70.0 Å². The smallest absolute Gasteiger partial charge is 0.402 e. The maximum Gasteiger partial charge on any atom is 0.495 e. The lowest BCUT2D eigenvalue weighted by molar-refractivity contribution is -0.0711. The van der Waals surface area contributed by atoms with Crippen molar-refractivity contribution in [2.24, 2.45) is 0 Å². The van der Waals surface area contributed by atoms with Crippen LogP contribution in [0.15, 0.2) is 30.3 Å². The number of anilines is 1. The molecule has 126 valence electrons. The summed E-state index contributed by atoms with van der Waals surface area (Å²) in [6, 6.07) is 8.46. The molecule has 1 fully saturated rings. The third-order valence-corrected chi connectivity index (χ3v) is 4.17. The summed E-state index contributed by atoms with van der Waals surface area (Å²) in [7, 11) is 1.82. The van der Waals surface area contributed by atoms with Crippen LogP contribution in [0, 0.1) is 0 Å². The van der Waals surface area contributed by atoms with Crippen LogP contribution in [-0.4, -0.2) is 31.9 Å². The number of hydrogen-bond acceptors (Lipinski definition) is 3. The van der Waals surface area contributed by atoms with Crippen molar-refractivity contribution in [1.82, 2.24) is 0 Å². The molecule has 0 spiro atoms. The number of rotatable bonds is 1. The molecule has 3 nitrogen and oxygen atoms in total. The van der Waals surface area contributed by atoms with Crippen LogP contribution in [0.4, 0.5) is 5.69 Å². The zero-order valence-electron chi connectivity index (χ0n) is 15.6. The third-order valence-electron chi connectivity index (χ3n) is 4.17. The minimum Gasteiger partial charge on any atom is -0.402 e. The third kappa shape index (κ3) is 3.99. The van der Waals surface area contributed by atoms with Gasteiger partial charge in [0.25, 0.3) is 0 Å². The van der Waals surface area contributed by atoms with Crippen molar-refractivity contribution in [3.05, 3.63) is 35.9 Å². The van der Waals surface area contributed by atoms with E-state index < -0.39 is 0 Å².